The van der Waals surface area contributed by atoms with Crippen LogP contribution in [-0.4, -0.2) is 60.3 Å². The highest BCUT2D eigenvalue weighted by molar-refractivity contribution is 5.70. The summed E-state index contributed by atoms with van der Waals surface area (Å²) in [5.41, 5.74) is 10.9. The number of aliphatic hydroxyl groups excluding tert-OH is 2. The van der Waals surface area contributed by atoms with E-state index in [1.807, 2.05) is 0 Å². The first-order valence-corrected chi connectivity index (χ1v) is 7.20. The molecule has 0 spiro atoms. The lowest BCUT2D eigenvalue weighted by Gasteiger charge is -2.27. The minimum atomic E-state index is -1.67. The molecule has 3 rings (SSSR count). The number of halogens is 1. The van der Waals surface area contributed by atoms with Crippen molar-refractivity contribution in [2.24, 2.45) is 5.73 Å². The van der Waals surface area contributed by atoms with Gasteiger partial charge < -0.3 is 26.4 Å². The van der Waals surface area contributed by atoms with Gasteiger partial charge in [0.1, 0.15) is 24.4 Å². The molecule has 0 aliphatic carbocycles. The highest BCUT2D eigenvalue weighted by Crippen LogP contribution is 2.38. The number of nitrogens with zero attached hydrogens (tertiary/aromatic N) is 4. The Kier molecular flexibility index (Phi) is 4.10. The van der Waals surface area contributed by atoms with Crippen molar-refractivity contribution >= 4 is 17.1 Å². The summed E-state index contributed by atoms with van der Waals surface area (Å²) in [4.78, 5) is 12.1. The monoisotopic (exact) mass is 336 g/mol. The molecule has 2 aromatic heterocycles. The van der Waals surface area contributed by atoms with Crippen LogP contribution in [0.1, 0.15) is 13.2 Å². The zero-order valence-electron chi connectivity index (χ0n) is 12.8. The van der Waals surface area contributed by atoms with Crippen molar-refractivity contribution < 1.29 is 19.3 Å². The quantitative estimate of drug-likeness (QED) is 0.496. The topological polar surface area (TPSA) is 145 Å². The van der Waals surface area contributed by atoms with Gasteiger partial charge in [-0.15, -0.1) is 0 Å². The zero-order chi connectivity index (χ0) is 17.5. The Morgan fingerprint density at radius 3 is 2.96 bits per heavy atom. The van der Waals surface area contributed by atoms with Gasteiger partial charge in [0.25, 0.3) is 0 Å². The average molecular weight is 336 g/mol. The number of anilines is 1. The Morgan fingerprint density at radius 1 is 1.54 bits per heavy atom. The fourth-order valence-corrected chi connectivity index (χ4v) is 2.76. The maximum absolute atomic E-state index is 12.5. The lowest BCUT2D eigenvalue weighted by atomic mass is 9.90. The summed E-state index contributed by atoms with van der Waals surface area (Å²) in [7, 11) is 0. The van der Waals surface area contributed by atoms with Crippen LogP contribution in [0.25, 0.3) is 11.2 Å². The van der Waals surface area contributed by atoms with E-state index in [1.54, 1.807) is 0 Å². The molecule has 1 aliphatic rings. The molecule has 9 nitrogen and oxygen atoms in total. The van der Waals surface area contributed by atoms with Crippen LogP contribution in [0, 0.1) is 11.8 Å². The van der Waals surface area contributed by atoms with E-state index in [2.05, 4.69) is 26.8 Å². The molecule has 1 unspecified atom stereocenters. The maximum atomic E-state index is 12.5. The number of nitrogens with two attached hydrogens (primary N) is 2. The number of alkyl halides is 1. The minimum absolute atomic E-state index is 0.0207. The first-order valence-electron chi connectivity index (χ1n) is 7.20. The van der Waals surface area contributed by atoms with Gasteiger partial charge in [0.05, 0.1) is 18.6 Å². The minimum Gasteiger partial charge on any atom is -0.391 e. The molecule has 6 N–H and O–H groups in total. The number of imidazole rings is 1. The number of ether oxygens (including phenoxy) is 1. The van der Waals surface area contributed by atoms with E-state index in [-0.39, 0.29) is 5.95 Å². The van der Waals surface area contributed by atoms with Crippen molar-refractivity contribution in [3.63, 3.8) is 0 Å². The van der Waals surface area contributed by atoms with Gasteiger partial charge in [0.2, 0.25) is 5.95 Å². The van der Waals surface area contributed by atoms with Crippen molar-refractivity contribution in [1.29, 1.82) is 0 Å². The first-order chi connectivity index (χ1) is 11.4. The van der Waals surface area contributed by atoms with Crippen molar-refractivity contribution in [1.82, 2.24) is 19.5 Å². The number of fused-ring (bicyclic) bond motifs is 1. The highest BCUT2D eigenvalue weighted by Gasteiger charge is 2.55. The predicted molar refractivity (Wildman–Crippen MR) is 82.0 cm³/mol. The number of rotatable bonds is 2. The summed E-state index contributed by atoms with van der Waals surface area (Å²) in [6.07, 6.45) is -1.61. The van der Waals surface area contributed by atoms with Gasteiger partial charge in [-0.3, -0.25) is 4.57 Å². The van der Waals surface area contributed by atoms with Crippen LogP contribution < -0.4 is 11.5 Å². The molecule has 1 aliphatic heterocycles. The zero-order valence-corrected chi connectivity index (χ0v) is 12.8. The number of hydrogen-bond acceptors (Lipinski definition) is 8. The second-order valence-electron chi connectivity index (χ2n) is 5.60. The fourth-order valence-electron chi connectivity index (χ4n) is 2.76. The third-order valence-electron chi connectivity index (χ3n) is 3.93. The Balaban J connectivity index is 2.13. The summed E-state index contributed by atoms with van der Waals surface area (Å²) in [6.45, 7) is 0.517. The molecule has 3 heterocycles. The van der Waals surface area contributed by atoms with E-state index < -0.39 is 36.8 Å². The number of aliphatic hydroxyl groups is 2. The number of hydrogen-bond donors (Lipinski definition) is 4. The van der Waals surface area contributed by atoms with Gasteiger partial charge in [-0.2, -0.15) is 4.98 Å². The van der Waals surface area contributed by atoms with E-state index in [0.29, 0.717) is 11.2 Å². The predicted octanol–water partition coefficient (Wildman–Crippen LogP) is -1.28. The molecule has 5 atom stereocenters. The molecule has 0 aromatic carbocycles. The molecule has 24 heavy (non-hydrogen) atoms. The van der Waals surface area contributed by atoms with E-state index in [0.717, 1.165) is 0 Å². The largest absolute Gasteiger partial charge is 0.391 e. The van der Waals surface area contributed by atoms with E-state index >= 15 is 0 Å². The molecule has 0 saturated carbocycles. The normalized spacial score (nSPS) is 31.0. The van der Waals surface area contributed by atoms with Crippen molar-refractivity contribution in [3.8, 4) is 11.8 Å². The molecule has 1 fully saturated rings. The molecule has 1 saturated heterocycles. The van der Waals surface area contributed by atoms with Crippen molar-refractivity contribution in [3.05, 3.63) is 12.5 Å². The molecule has 0 radical (unpaired) electrons. The van der Waals surface area contributed by atoms with Crippen LogP contribution in [0.4, 0.5) is 10.3 Å². The lowest BCUT2D eigenvalue weighted by molar-refractivity contribution is -0.0756. The van der Waals surface area contributed by atoms with Crippen LogP contribution in [0.5, 0.6) is 0 Å². The van der Waals surface area contributed by atoms with Gasteiger partial charge in [-0.1, -0.05) is 11.8 Å². The van der Waals surface area contributed by atoms with Crippen LogP contribution in [0.15, 0.2) is 12.5 Å². The molecule has 2 aromatic rings. The summed E-state index contributed by atoms with van der Waals surface area (Å²) in [5, 5.41) is 20.3. The summed E-state index contributed by atoms with van der Waals surface area (Å²) in [5.74, 6) is 4.74. The fraction of sp³-hybridized carbons (Fsp3) is 0.500. The van der Waals surface area contributed by atoms with E-state index in [1.165, 1.54) is 24.0 Å². The van der Waals surface area contributed by atoms with Gasteiger partial charge in [-0.25, -0.2) is 14.4 Å². The maximum Gasteiger partial charge on any atom is 0.222 e. The van der Waals surface area contributed by atoms with E-state index in [9.17, 15) is 14.6 Å². The Morgan fingerprint density at radius 2 is 2.29 bits per heavy atom. The Hall–Kier alpha value is -2.32. The van der Waals surface area contributed by atoms with Gasteiger partial charge in [0, 0.05) is 0 Å². The number of aromatic nitrogens is 4. The van der Waals surface area contributed by atoms with Crippen LogP contribution in [0.2, 0.25) is 0 Å². The van der Waals surface area contributed by atoms with E-state index in [4.69, 9.17) is 16.2 Å². The first kappa shape index (κ1) is 16.5. The third kappa shape index (κ3) is 2.47. The smallest absolute Gasteiger partial charge is 0.222 e. The Bertz CT molecular complexity index is 816. The molecule has 10 heteroatoms. The SMILES string of the molecule is C[C@@H](O)[C@H]1O[C@@H](n2cnc3cnc(N)nc32)C(N)(C#CCF)[C@H]1O. The summed E-state index contributed by atoms with van der Waals surface area (Å²) in [6, 6.07) is 0. The van der Waals surface area contributed by atoms with Crippen molar-refractivity contribution in [2.45, 2.75) is 37.0 Å². The second kappa shape index (κ2) is 5.95. The van der Waals surface area contributed by atoms with Crippen LogP contribution in [-0.2, 0) is 4.74 Å². The summed E-state index contributed by atoms with van der Waals surface area (Å²) < 4.78 is 19.7. The van der Waals surface area contributed by atoms with Crippen LogP contribution >= 0.6 is 0 Å². The lowest BCUT2D eigenvalue weighted by Crippen LogP contribution is -2.54. The van der Waals surface area contributed by atoms with Gasteiger partial charge in [0.15, 0.2) is 17.4 Å². The van der Waals surface area contributed by atoms with Crippen LogP contribution in [0.3, 0.4) is 0 Å². The molecule has 0 amide bonds. The molecular formula is C14H17FN6O3. The van der Waals surface area contributed by atoms with Crippen molar-refractivity contribution in [2.75, 3.05) is 12.4 Å². The standard InChI is InChI=1S/C14H17FN6O3/c1-7(22)9-10(23)14(17,3-2-4-15)12(24-9)21-6-19-8-5-18-13(16)20-11(8)21/h5-7,9-10,12,22-23H,4,17H2,1H3,(H2,16,18,20)/t7-,9-,10+,12-,14?/m1/s1. The molecule has 0 bridgehead atoms. The molecule has 128 valence electrons. The highest BCUT2D eigenvalue weighted by atomic mass is 19.1. The van der Waals surface area contributed by atoms with Gasteiger partial charge >= 0.3 is 0 Å². The Labute approximate surface area is 136 Å². The van der Waals surface area contributed by atoms with Gasteiger partial charge in [-0.05, 0) is 6.92 Å². The summed E-state index contributed by atoms with van der Waals surface area (Å²) >= 11 is 0. The average Bonchev–Trinajstić information content (AvgIpc) is 3.05. The molecular weight excluding hydrogens is 319 g/mol. The third-order valence-corrected chi connectivity index (χ3v) is 3.93. The second-order valence-corrected chi connectivity index (χ2v) is 5.60. The number of nitrogen functional groups attached to an aromatic ring is 1.